The molecule has 1 saturated heterocycles. The lowest BCUT2D eigenvalue weighted by Gasteiger charge is -2.37. The van der Waals surface area contributed by atoms with Gasteiger partial charge in [-0.3, -0.25) is 0 Å². The number of halogens is 1. The van der Waals surface area contributed by atoms with Gasteiger partial charge in [0.05, 0.1) is 30.9 Å². The van der Waals surface area contributed by atoms with E-state index < -0.39 is 0 Å². The van der Waals surface area contributed by atoms with E-state index in [1.807, 2.05) is 29.6 Å². The van der Waals surface area contributed by atoms with Crippen molar-refractivity contribution in [1.82, 2.24) is 4.98 Å². The topological polar surface area (TPSA) is 42.4 Å². The average molecular weight is 326 g/mol. The minimum Gasteiger partial charge on any atom is -0.395 e. The number of thiazole rings is 1. The van der Waals surface area contributed by atoms with Crippen LogP contribution >= 0.6 is 27.3 Å². The normalized spacial score (nSPS) is 17.4. The van der Waals surface area contributed by atoms with Crippen LogP contribution in [-0.2, 0) is 10.2 Å². The van der Waals surface area contributed by atoms with Gasteiger partial charge in [-0.05, 0) is 12.1 Å². The van der Waals surface area contributed by atoms with Crippen molar-refractivity contribution in [2.45, 2.75) is 5.41 Å². The molecular formula is C13H12BrNO2S. The van der Waals surface area contributed by atoms with E-state index >= 15 is 0 Å². The molecular weight excluding hydrogens is 314 g/mol. The first-order valence-corrected chi connectivity index (χ1v) is 7.31. The SMILES string of the molecule is OCC1(c2nc(-c3cccc(Br)c3)cs2)COC1. The molecule has 1 aromatic heterocycles. The highest BCUT2D eigenvalue weighted by Gasteiger charge is 2.42. The molecule has 5 heteroatoms. The molecule has 3 nitrogen and oxygen atoms in total. The zero-order valence-electron chi connectivity index (χ0n) is 9.60. The zero-order valence-corrected chi connectivity index (χ0v) is 12.0. The molecule has 0 bridgehead atoms. The molecule has 0 aliphatic carbocycles. The van der Waals surface area contributed by atoms with Crippen LogP contribution in [0.25, 0.3) is 11.3 Å². The Morgan fingerprint density at radius 2 is 2.28 bits per heavy atom. The highest BCUT2D eigenvalue weighted by Crippen LogP contribution is 2.36. The lowest BCUT2D eigenvalue weighted by molar-refractivity contribution is -0.0841. The Balaban J connectivity index is 1.94. The van der Waals surface area contributed by atoms with E-state index in [-0.39, 0.29) is 12.0 Å². The monoisotopic (exact) mass is 325 g/mol. The van der Waals surface area contributed by atoms with Crippen molar-refractivity contribution in [2.24, 2.45) is 0 Å². The molecule has 2 heterocycles. The molecule has 0 unspecified atom stereocenters. The van der Waals surface area contributed by atoms with Crippen molar-refractivity contribution in [1.29, 1.82) is 0 Å². The van der Waals surface area contributed by atoms with Crippen molar-refractivity contribution in [3.63, 3.8) is 0 Å². The minimum absolute atomic E-state index is 0.0957. The van der Waals surface area contributed by atoms with Gasteiger partial charge in [0.15, 0.2) is 0 Å². The fraction of sp³-hybridized carbons (Fsp3) is 0.308. The highest BCUT2D eigenvalue weighted by atomic mass is 79.9. The van der Waals surface area contributed by atoms with Gasteiger partial charge in [-0.15, -0.1) is 11.3 Å². The number of aromatic nitrogens is 1. The summed E-state index contributed by atoms with van der Waals surface area (Å²) in [6.45, 7) is 1.22. The molecule has 1 aliphatic rings. The third-order valence-electron chi connectivity index (χ3n) is 3.14. The second-order valence-electron chi connectivity index (χ2n) is 4.48. The Morgan fingerprint density at radius 3 is 2.89 bits per heavy atom. The van der Waals surface area contributed by atoms with Crippen LogP contribution < -0.4 is 0 Å². The molecule has 0 spiro atoms. The van der Waals surface area contributed by atoms with Crippen LogP contribution in [0.5, 0.6) is 0 Å². The number of nitrogens with zero attached hydrogens (tertiary/aromatic N) is 1. The number of aliphatic hydroxyl groups excluding tert-OH is 1. The van der Waals surface area contributed by atoms with E-state index in [1.165, 1.54) is 0 Å². The maximum Gasteiger partial charge on any atom is 0.106 e. The number of rotatable bonds is 3. The Hall–Kier alpha value is -0.750. The quantitative estimate of drug-likeness (QED) is 0.943. The van der Waals surface area contributed by atoms with Crippen LogP contribution in [0.1, 0.15) is 5.01 Å². The number of ether oxygens (including phenoxy) is 1. The molecule has 0 atom stereocenters. The Labute approximate surface area is 118 Å². The molecule has 18 heavy (non-hydrogen) atoms. The minimum atomic E-state index is -0.269. The maximum absolute atomic E-state index is 9.49. The van der Waals surface area contributed by atoms with Gasteiger partial charge in [-0.1, -0.05) is 28.1 Å². The number of hydrogen-bond donors (Lipinski definition) is 1. The summed E-state index contributed by atoms with van der Waals surface area (Å²) < 4.78 is 6.26. The lowest BCUT2D eigenvalue weighted by atomic mass is 9.88. The van der Waals surface area contributed by atoms with Crippen LogP contribution in [0.2, 0.25) is 0 Å². The van der Waals surface area contributed by atoms with E-state index in [2.05, 4.69) is 20.9 Å². The van der Waals surface area contributed by atoms with E-state index in [9.17, 15) is 5.11 Å². The molecule has 1 fully saturated rings. The predicted molar refractivity (Wildman–Crippen MR) is 74.8 cm³/mol. The molecule has 0 amide bonds. The molecule has 0 saturated carbocycles. The van der Waals surface area contributed by atoms with Gasteiger partial charge in [0.25, 0.3) is 0 Å². The fourth-order valence-corrected chi connectivity index (χ4v) is 3.32. The molecule has 1 N–H and O–H groups in total. The summed E-state index contributed by atoms with van der Waals surface area (Å²) in [4.78, 5) is 4.64. The lowest BCUT2D eigenvalue weighted by Crippen LogP contribution is -2.49. The molecule has 2 aromatic rings. The number of benzene rings is 1. The second-order valence-corrected chi connectivity index (χ2v) is 6.25. The van der Waals surface area contributed by atoms with Crippen LogP contribution in [0.15, 0.2) is 34.1 Å². The summed E-state index contributed by atoms with van der Waals surface area (Å²) in [5.74, 6) is 0. The van der Waals surface area contributed by atoms with Gasteiger partial charge < -0.3 is 9.84 Å². The summed E-state index contributed by atoms with van der Waals surface area (Å²) in [7, 11) is 0. The van der Waals surface area contributed by atoms with Gasteiger partial charge in [0, 0.05) is 15.4 Å². The Kier molecular flexibility index (Phi) is 3.23. The van der Waals surface area contributed by atoms with Crippen molar-refractivity contribution >= 4 is 27.3 Å². The first-order chi connectivity index (χ1) is 8.73. The van der Waals surface area contributed by atoms with Crippen molar-refractivity contribution in [3.05, 3.63) is 39.1 Å². The highest BCUT2D eigenvalue weighted by molar-refractivity contribution is 9.10. The smallest absolute Gasteiger partial charge is 0.106 e. The number of hydrogen-bond acceptors (Lipinski definition) is 4. The summed E-state index contributed by atoms with van der Waals surface area (Å²) in [5, 5.41) is 12.5. The second kappa shape index (κ2) is 4.74. The van der Waals surface area contributed by atoms with Crippen molar-refractivity contribution in [3.8, 4) is 11.3 Å². The summed E-state index contributed by atoms with van der Waals surface area (Å²) in [6.07, 6.45) is 0. The predicted octanol–water partition coefficient (Wildman–Crippen LogP) is 2.83. The molecule has 0 radical (unpaired) electrons. The first-order valence-electron chi connectivity index (χ1n) is 5.64. The molecule has 3 rings (SSSR count). The average Bonchev–Trinajstić information content (AvgIpc) is 2.78. The third-order valence-corrected chi connectivity index (χ3v) is 4.72. The van der Waals surface area contributed by atoms with Crippen molar-refractivity contribution < 1.29 is 9.84 Å². The van der Waals surface area contributed by atoms with E-state index in [0.29, 0.717) is 13.2 Å². The van der Waals surface area contributed by atoms with Gasteiger partial charge in [-0.2, -0.15) is 0 Å². The van der Waals surface area contributed by atoms with Gasteiger partial charge in [0.1, 0.15) is 5.01 Å². The van der Waals surface area contributed by atoms with Crippen LogP contribution in [0.3, 0.4) is 0 Å². The summed E-state index contributed by atoms with van der Waals surface area (Å²) in [5.41, 5.74) is 1.77. The van der Waals surface area contributed by atoms with E-state index in [1.54, 1.807) is 11.3 Å². The Bertz CT molecular complexity index is 560. The third kappa shape index (κ3) is 2.01. The summed E-state index contributed by atoms with van der Waals surface area (Å²) >= 11 is 5.05. The van der Waals surface area contributed by atoms with Crippen LogP contribution in [-0.4, -0.2) is 29.9 Å². The number of aliphatic hydroxyl groups is 1. The Morgan fingerprint density at radius 1 is 1.44 bits per heavy atom. The van der Waals surface area contributed by atoms with Gasteiger partial charge >= 0.3 is 0 Å². The van der Waals surface area contributed by atoms with E-state index in [0.717, 1.165) is 20.7 Å². The fourth-order valence-electron chi connectivity index (χ4n) is 1.93. The molecule has 1 aliphatic heterocycles. The van der Waals surface area contributed by atoms with Crippen LogP contribution in [0, 0.1) is 0 Å². The largest absolute Gasteiger partial charge is 0.395 e. The molecule has 1 aromatic carbocycles. The molecule has 94 valence electrons. The maximum atomic E-state index is 9.49. The summed E-state index contributed by atoms with van der Waals surface area (Å²) in [6, 6.07) is 8.06. The van der Waals surface area contributed by atoms with E-state index in [4.69, 9.17) is 4.74 Å². The standard InChI is InChI=1S/C13H12BrNO2S/c14-10-3-1-2-9(4-10)11-5-18-12(15-11)13(6-16)7-17-8-13/h1-5,16H,6-8H2. The first kappa shape index (κ1) is 12.3. The van der Waals surface area contributed by atoms with Gasteiger partial charge in [0.2, 0.25) is 0 Å². The van der Waals surface area contributed by atoms with Gasteiger partial charge in [-0.25, -0.2) is 4.98 Å². The zero-order chi connectivity index (χ0) is 12.6. The van der Waals surface area contributed by atoms with Crippen LogP contribution in [0.4, 0.5) is 0 Å². The van der Waals surface area contributed by atoms with Crippen molar-refractivity contribution in [2.75, 3.05) is 19.8 Å².